The minimum absolute atomic E-state index is 0.311. The molecule has 0 fully saturated rings. The monoisotopic (exact) mass is 332 g/mol. The van der Waals surface area contributed by atoms with E-state index in [0.717, 1.165) is 25.7 Å². The number of hydrogen-bond acceptors (Lipinski definition) is 1. The molecule has 2 aromatic rings. The van der Waals surface area contributed by atoms with E-state index in [9.17, 15) is 4.79 Å². The number of aryl methyl sites for hydroxylation is 5. The molecule has 0 amide bonds. The normalized spacial score (nSPS) is 19.6. The Kier molecular flexibility index (Phi) is 4.74. The lowest BCUT2D eigenvalue weighted by molar-refractivity contribution is -0.117. The highest BCUT2D eigenvalue weighted by Crippen LogP contribution is 2.31. The average molecular weight is 332 g/mol. The second-order valence-electron chi connectivity index (χ2n) is 8.09. The SMILES string of the molecule is CC(=O)CC1CCc2cc3cc(c2)CCCc2cc(cc1c2)CCC3. The lowest BCUT2D eigenvalue weighted by Gasteiger charge is -2.21. The van der Waals surface area contributed by atoms with Crippen LogP contribution in [0.1, 0.15) is 71.9 Å². The summed E-state index contributed by atoms with van der Waals surface area (Å²) < 4.78 is 0. The van der Waals surface area contributed by atoms with Gasteiger partial charge in [0.25, 0.3) is 0 Å². The van der Waals surface area contributed by atoms with Crippen LogP contribution in [0.2, 0.25) is 0 Å². The maximum atomic E-state index is 11.9. The molecule has 0 aliphatic heterocycles. The maximum Gasteiger partial charge on any atom is 0.130 e. The predicted octanol–water partition coefficient (Wildman–Crippen LogP) is 5.36. The molecule has 130 valence electrons. The average Bonchev–Trinajstić information content (AvgIpc) is 2.56. The lowest BCUT2D eigenvalue weighted by Crippen LogP contribution is -2.09. The molecule has 1 nitrogen and oxygen atoms in total. The molecular weight excluding hydrogens is 304 g/mol. The molecule has 0 saturated carbocycles. The number of Topliss-reactive ketones (excluding diaryl/α,β-unsaturated/α-hetero) is 1. The first kappa shape index (κ1) is 16.6. The van der Waals surface area contributed by atoms with Gasteiger partial charge in [-0.3, -0.25) is 0 Å². The number of fused-ring (bicyclic) bond motifs is 6. The molecule has 0 N–H and O–H groups in total. The van der Waals surface area contributed by atoms with Gasteiger partial charge in [-0.05, 0) is 97.6 Å². The largest absolute Gasteiger partial charge is 0.300 e. The minimum atomic E-state index is 0.311. The van der Waals surface area contributed by atoms with Crippen LogP contribution in [0, 0.1) is 0 Å². The molecule has 0 spiro atoms. The van der Waals surface area contributed by atoms with E-state index in [1.54, 1.807) is 6.92 Å². The molecule has 0 heterocycles. The van der Waals surface area contributed by atoms with Crippen LogP contribution in [0.4, 0.5) is 0 Å². The van der Waals surface area contributed by atoms with E-state index in [0.29, 0.717) is 18.1 Å². The van der Waals surface area contributed by atoms with E-state index in [2.05, 4.69) is 36.4 Å². The molecule has 1 unspecified atom stereocenters. The van der Waals surface area contributed by atoms with E-state index in [-0.39, 0.29) is 0 Å². The highest BCUT2D eigenvalue weighted by molar-refractivity contribution is 5.76. The first-order valence-electron chi connectivity index (χ1n) is 9.89. The molecule has 1 atom stereocenters. The summed E-state index contributed by atoms with van der Waals surface area (Å²) >= 11 is 0. The molecule has 0 radical (unpaired) electrons. The van der Waals surface area contributed by atoms with Crippen molar-refractivity contribution in [3.63, 3.8) is 0 Å². The molecule has 6 bridgehead atoms. The topological polar surface area (TPSA) is 17.1 Å². The molecule has 1 heteroatoms. The van der Waals surface area contributed by atoms with Crippen LogP contribution in [0.3, 0.4) is 0 Å². The Hall–Kier alpha value is -1.89. The summed E-state index contributed by atoms with van der Waals surface area (Å²) in [7, 11) is 0. The third-order valence-corrected chi connectivity index (χ3v) is 5.84. The van der Waals surface area contributed by atoms with E-state index < -0.39 is 0 Å². The van der Waals surface area contributed by atoms with Crippen LogP contribution < -0.4 is 0 Å². The van der Waals surface area contributed by atoms with Crippen LogP contribution in [-0.2, 0) is 36.9 Å². The second kappa shape index (κ2) is 7.15. The van der Waals surface area contributed by atoms with Crippen LogP contribution in [0.25, 0.3) is 0 Å². The third-order valence-electron chi connectivity index (χ3n) is 5.84. The van der Waals surface area contributed by atoms with Gasteiger partial charge in [0.05, 0.1) is 0 Å². The molecule has 3 aliphatic rings. The zero-order chi connectivity index (χ0) is 17.2. The van der Waals surface area contributed by atoms with Crippen molar-refractivity contribution >= 4 is 5.78 Å². The van der Waals surface area contributed by atoms with Gasteiger partial charge >= 0.3 is 0 Å². The van der Waals surface area contributed by atoms with Crippen LogP contribution in [0.15, 0.2) is 36.4 Å². The van der Waals surface area contributed by atoms with E-state index in [1.807, 2.05) is 0 Å². The number of carbonyl (C=O) groups is 1. The van der Waals surface area contributed by atoms with Crippen molar-refractivity contribution in [3.8, 4) is 0 Å². The van der Waals surface area contributed by atoms with Crippen molar-refractivity contribution in [3.05, 3.63) is 69.8 Å². The lowest BCUT2D eigenvalue weighted by atomic mass is 9.83. The van der Waals surface area contributed by atoms with Crippen molar-refractivity contribution in [1.29, 1.82) is 0 Å². The Morgan fingerprint density at radius 1 is 0.760 bits per heavy atom. The van der Waals surface area contributed by atoms with Crippen molar-refractivity contribution in [1.82, 2.24) is 0 Å². The van der Waals surface area contributed by atoms with Crippen molar-refractivity contribution < 1.29 is 4.79 Å². The highest BCUT2D eigenvalue weighted by atomic mass is 16.1. The summed E-state index contributed by atoms with van der Waals surface area (Å²) in [4.78, 5) is 11.9. The van der Waals surface area contributed by atoms with Gasteiger partial charge in [-0.1, -0.05) is 36.4 Å². The zero-order valence-corrected chi connectivity index (χ0v) is 15.3. The van der Waals surface area contributed by atoms with Crippen LogP contribution >= 0.6 is 0 Å². The summed E-state index contributed by atoms with van der Waals surface area (Å²) in [6.07, 6.45) is 9.90. The Labute approximate surface area is 151 Å². The van der Waals surface area contributed by atoms with Gasteiger partial charge in [0, 0.05) is 6.42 Å². The molecule has 3 aliphatic carbocycles. The zero-order valence-electron chi connectivity index (χ0n) is 15.3. The van der Waals surface area contributed by atoms with Gasteiger partial charge in [-0.15, -0.1) is 0 Å². The summed E-state index contributed by atoms with van der Waals surface area (Å²) in [6, 6.07) is 14.5. The number of benzene rings is 2. The number of ketones is 1. The van der Waals surface area contributed by atoms with E-state index >= 15 is 0 Å². The Bertz CT molecular complexity index is 740. The summed E-state index contributed by atoms with van der Waals surface area (Å²) in [5.74, 6) is 0.674. The van der Waals surface area contributed by atoms with Gasteiger partial charge in [0.15, 0.2) is 0 Å². The standard InChI is InChI=1S/C24H28O/c1-17(25)10-23-9-8-22-12-18-4-2-6-20-14-21(16-24(23)15-20)7-3-5-19(11-18)13-22/h11-16,23H,2-10H2,1H3. The van der Waals surface area contributed by atoms with Gasteiger partial charge in [-0.25, -0.2) is 0 Å². The van der Waals surface area contributed by atoms with E-state index in [4.69, 9.17) is 0 Å². The molecule has 0 aromatic heterocycles. The number of hydrogen-bond donors (Lipinski definition) is 0. The fourth-order valence-electron chi connectivity index (χ4n) is 4.66. The smallest absolute Gasteiger partial charge is 0.130 e. The van der Waals surface area contributed by atoms with Crippen molar-refractivity contribution in [2.45, 2.75) is 70.6 Å². The third kappa shape index (κ3) is 4.03. The highest BCUT2D eigenvalue weighted by Gasteiger charge is 2.18. The quantitative estimate of drug-likeness (QED) is 0.723. The number of rotatable bonds is 2. The number of carbonyl (C=O) groups excluding carboxylic acids is 1. The van der Waals surface area contributed by atoms with Gasteiger partial charge in [0.1, 0.15) is 5.78 Å². The summed E-state index contributed by atoms with van der Waals surface area (Å²) in [6.45, 7) is 1.74. The van der Waals surface area contributed by atoms with Crippen LogP contribution in [0.5, 0.6) is 0 Å². The van der Waals surface area contributed by atoms with Crippen LogP contribution in [-0.4, -0.2) is 5.78 Å². The maximum absolute atomic E-state index is 11.9. The molecule has 5 rings (SSSR count). The van der Waals surface area contributed by atoms with Gasteiger partial charge in [0.2, 0.25) is 0 Å². The molecule has 2 aromatic carbocycles. The second-order valence-corrected chi connectivity index (χ2v) is 8.09. The van der Waals surface area contributed by atoms with Crippen molar-refractivity contribution in [2.75, 3.05) is 0 Å². The Morgan fingerprint density at radius 2 is 1.20 bits per heavy atom. The van der Waals surface area contributed by atoms with Crippen molar-refractivity contribution in [2.24, 2.45) is 0 Å². The van der Waals surface area contributed by atoms with Gasteiger partial charge < -0.3 is 4.79 Å². The fraction of sp³-hybridized carbons (Fsp3) is 0.458. The molecule has 25 heavy (non-hydrogen) atoms. The summed E-state index contributed by atoms with van der Waals surface area (Å²) in [5.41, 5.74) is 8.83. The molecular formula is C24H28O. The minimum Gasteiger partial charge on any atom is -0.300 e. The predicted molar refractivity (Wildman–Crippen MR) is 103 cm³/mol. The Morgan fingerprint density at radius 3 is 1.68 bits per heavy atom. The first-order chi connectivity index (χ1) is 12.2. The van der Waals surface area contributed by atoms with E-state index in [1.165, 1.54) is 59.1 Å². The van der Waals surface area contributed by atoms with Gasteiger partial charge in [-0.2, -0.15) is 0 Å². The fourth-order valence-corrected chi connectivity index (χ4v) is 4.66. The summed E-state index contributed by atoms with van der Waals surface area (Å²) in [5, 5.41) is 0. The molecule has 0 saturated heterocycles. The Balaban J connectivity index is 1.81. The first-order valence-corrected chi connectivity index (χ1v) is 9.89.